The molecule has 2 fully saturated rings. The fraction of sp³-hybridized carbons (Fsp3) is 0.536. The number of amides is 1. The zero-order valence-electron chi connectivity index (χ0n) is 21.1. The fourth-order valence-electron chi connectivity index (χ4n) is 5.61. The van der Waals surface area contributed by atoms with Crippen molar-refractivity contribution in [2.75, 3.05) is 76.4 Å². The lowest BCUT2D eigenvalue weighted by Crippen LogP contribution is -2.45. The summed E-state index contributed by atoms with van der Waals surface area (Å²) >= 11 is 0. The topological polar surface area (TPSA) is 57.3 Å². The molecule has 1 N–H and O–H groups in total. The molecule has 7 nitrogen and oxygen atoms in total. The summed E-state index contributed by atoms with van der Waals surface area (Å²) in [5.41, 5.74) is 7.30. The first kappa shape index (κ1) is 24.1. The van der Waals surface area contributed by atoms with E-state index in [0.717, 1.165) is 83.0 Å². The number of nitrogens with one attached hydrogen (secondary N) is 1. The van der Waals surface area contributed by atoms with Crippen molar-refractivity contribution in [1.29, 1.82) is 0 Å². The SMILES string of the molecule is COCc1ccc(N2CCN(C)CC2)c2c1CC[C@@H](NC(=O)c1ccc(N3CCOCC3)cc1)C2. The Balaban J connectivity index is 1.29. The third-order valence-electron chi connectivity index (χ3n) is 7.68. The second-order valence-corrected chi connectivity index (χ2v) is 9.98. The van der Waals surface area contributed by atoms with Gasteiger partial charge in [0.1, 0.15) is 0 Å². The van der Waals surface area contributed by atoms with Gasteiger partial charge < -0.3 is 29.5 Å². The molecule has 188 valence electrons. The summed E-state index contributed by atoms with van der Waals surface area (Å²) in [6, 6.07) is 12.7. The van der Waals surface area contributed by atoms with Crippen molar-refractivity contribution >= 4 is 17.3 Å². The third-order valence-corrected chi connectivity index (χ3v) is 7.68. The van der Waals surface area contributed by atoms with Crippen LogP contribution in [0.4, 0.5) is 11.4 Å². The van der Waals surface area contributed by atoms with E-state index in [1.807, 2.05) is 12.1 Å². The van der Waals surface area contributed by atoms with E-state index in [2.05, 4.69) is 51.3 Å². The van der Waals surface area contributed by atoms with E-state index < -0.39 is 0 Å². The molecule has 0 saturated carbocycles. The van der Waals surface area contributed by atoms with E-state index in [9.17, 15) is 4.79 Å². The van der Waals surface area contributed by atoms with Gasteiger partial charge in [-0.05, 0) is 73.3 Å². The number of rotatable bonds is 6. The quantitative estimate of drug-likeness (QED) is 0.689. The molecule has 0 spiro atoms. The number of piperazine rings is 1. The molecule has 2 aliphatic heterocycles. The molecule has 1 amide bonds. The van der Waals surface area contributed by atoms with Crippen LogP contribution in [0, 0.1) is 0 Å². The predicted octanol–water partition coefficient (Wildman–Crippen LogP) is 2.71. The first-order valence-electron chi connectivity index (χ1n) is 12.9. The van der Waals surface area contributed by atoms with Crippen molar-refractivity contribution in [1.82, 2.24) is 10.2 Å². The molecule has 2 aromatic carbocycles. The van der Waals surface area contributed by atoms with Crippen LogP contribution in [0.5, 0.6) is 0 Å². The summed E-state index contributed by atoms with van der Waals surface area (Å²) in [7, 11) is 3.95. The lowest BCUT2D eigenvalue weighted by molar-refractivity contribution is 0.0933. The maximum atomic E-state index is 13.1. The molecule has 7 heteroatoms. The van der Waals surface area contributed by atoms with E-state index in [1.54, 1.807) is 7.11 Å². The van der Waals surface area contributed by atoms with Gasteiger partial charge in [-0.1, -0.05) is 6.07 Å². The Morgan fingerprint density at radius 3 is 2.43 bits per heavy atom. The maximum Gasteiger partial charge on any atom is 0.251 e. The highest BCUT2D eigenvalue weighted by molar-refractivity contribution is 5.94. The highest BCUT2D eigenvalue weighted by Gasteiger charge is 2.27. The number of hydrogen-bond donors (Lipinski definition) is 1. The van der Waals surface area contributed by atoms with Crippen molar-refractivity contribution in [3.05, 3.63) is 58.7 Å². The van der Waals surface area contributed by atoms with Crippen LogP contribution in [0.3, 0.4) is 0 Å². The zero-order valence-corrected chi connectivity index (χ0v) is 21.1. The monoisotopic (exact) mass is 478 g/mol. The molecule has 5 rings (SSSR count). The standard InChI is InChI=1S/C28H38N4O3/c1-30-11-13-32(14-12-30)27-10-5-22(20-34-2)25-9-6-23(19-26(25)27)29-28(33)21-3-7-24(8-4-21)31-15-17-35-18-16-31/h3-5,7-8,10,23H,6,9,11-20H2,1-2H3,(H,29,33)/t23-/m1/s1. The van der Waals surface area contributed by atoms with Crippen LogP contribution in [-0.4, -0.2) is 83.5 Å². The first-order chi connectivity index (χ1) is 17.1. The largest absolute Gasteiger partial charge is 0.380 e. The molecule has 3 aliphatic rings. The number of benzene rings is 2. The summed E-state index contributed by atoms with van der Waals surface area (Å²) in [5.74, 6) is 0.0150. The van der Waals surface area contributed by atoms with E-state index in [0.29, 0.717) is 6.61 Å². The van der Waals surface area contributed by atoms with Crippen molar-refractivity contribution in [3.8, 4) is 0 Å². The number of fused-ring (bicyclic) bond motifs is 1. The lowest BCUT2D eigenvalue weighted by Gasteiger charge is -2.38. The predicted molar refractivity (Wildman–Crippen MR) is 140 cm³/mol. The molecule has 2 heterocycles. The number of ether oxygens (including phenoxy) is 2. The van der Waals surface area contributed by atoms with Crippen molar-refractivity contribution in [2.24, 2.45) is 0 Å². The minimum atomic E-state index is 0.0150. The number of anilines is 2. The van der Waals surface area contributed by atoms with Gasteiger partial charge in [0.2, 0.25) is 0 Å². The Bertz CT molecular complexity index is 1010. The van der Waals surface area contributed by atoms with E-state index in [1.165, 1.54) is 22.4 Å². The molecule has 0 radical (unpaired) electrons. The average Bonchev–Trinajstić information content (AvgIpc) is 2.90. The lowest BCUT2D eigenvalue weighted by atomic mass is 9.83. The number of carbonyl (C=O) groups is 1. The van der Waals surface area contributed by atoms with Crippen LogP contribution < -0.4 is 15.1 Å². The van der Waals surface area contributed by atoms with Crippen LogP contribution in [0.2, 0.25) is 0 Å². The minimum Gasteiger partial charge on any atom is -0.380 e. The molecular formula is C28H38N4O3. The molecule has 2 saturated heterocycles. The Morgan fingerprint density at radius 2 is 1.71 bits per heavy atom. The van der Waals surface area contributed by atoms with Crippen LogP contribution in [0.25, 0.3) is 0 Å². The van der Waals surface area contributed by atoms with E-state index in [-0.39, 0.29) is 11.9 Å². The third kappa shape index (κ3) is 5.47. The Kier molecular flexibility index (Phi) is 7.56. The van der Waals surface area contributed by atoms with Crippen LogP contribution >= 0.6 is 0 Å². The maximum absolute atomic E-state index is 13.1. The second kappa shape index (κ2) is 11.0. The Hall–Kier alpha value is -2.61. The number of hydrogen-bond acceptors (Lipinski definition) is 6. The van der Waals surface area contributed by atoms with Gasteiger partial charge in [-0.2, -0.15) is 0 Å². The van der Waals surface area contributed by atoms with Crippen LogP contribution in [0.15, 0.2) is 36.4 Å². The number of likely N-dealkylation sites (N-methyl/N-ethyl adjacent to an activating group) is 1. The van der Waals surface area contributed by atoms with Crippen LogP contribution in [-0.2, 0) is 28.9 Å². The Labute approximate surface area is 209 Å². The van der Waals surface area contributed by atoms with Gasteiger partial charge >= 0.3 is 0 Å². The number of methoxy groups -OCH3 is 1. The Morgan fingerprint density at radius 1 is 0.971 bits per heavy atom. The van der Waals surface area contributed by atoms with Crippen molar-refractivity contribution < 1.29 is 14.3 Å². The van der Waals surface area contributed by atoms with Crippen molar-refractivity contribution in [3.63, 3.8) is 0 Å². The summed E-state index contributed by atoms with van der Waals surface area (Å²) in [6.45, 7) is 8.18. The second-order valence-electron chi connectivity index (χ2n) is 9.98. The molecule has 1 aliphatic carbocycles. The van der Waals surface area contributed by atoms with Crippen LogP contribution in [0.1, 0.15) is 33.5 Å². The van der Waals surface area contributed by atoms with E-state index >= 15 is 0 Å². The molecule has 2 aromatic rings. The highest BCUT2D eigenvalue weighted by atomic mass is 16.5. The van der Waals surface area contributed by atoms with Gasteiger partial charge in [-0.15, -0.1) is 0 Å². The number of nitrogens with zero attached hydrogens (tertiary/aromatic N) is 3. The number of carbonyl (C=O) groups excluding carboxylic acids is 1. The minimum absolute atomic E-state index is 0.0150. The van der Waals surface area contributed by atoms with Gasteiger partial charge in [-0.25, -0.2) is 0 Å². The molecular weight excluding hydrogens is 440 g/mol. The summed E-state index contributed by atoms with van der Waals surface area (Å²) in [4.78, 5) is 20.3. The number of morpholine rings is 1. The molecule has 0 bridgehead atoms. The van der Waals surface area contributed by atoms with Gasteiger partial charge in [0.25, 0.3) is 5.91 Å². The smallest absolute Gasteiger partial charge is 0.251 e. The normalized spacial score (nSPS) is 21.0. The van der Waals surface area contributed by atoms with Gasteiger partial charge in [0.05, 0.1) is 19.8 Å². The summed E-state index contributed by atoms with van der Waals surface area (Å²) in [5, 5.41) is 3.33. The summed E-state index contributed by atoms with van der Waals surface area (Å²) in [6.07, 6.45) is 2.79. The van der Waals surface area contributed by atoms with Gasteiger partial charge in [-0.3, -0.25) is 4.79 Å². The first-order valence-corrected chi connectivity index (χ1v) is 12.9. The zero-order chi connectivity index (χ0) is 24.2. The molecule has 35 heavy (non-hydrogen) atoms. The fourth-order valence-corrected chi connectivity index (χ4v) is 5.61. The van der Waals surface area contributed by atoms with E-state index in [4.69, 9.17) is 9.47 Å². The molecule has 0 unspecified atom stereocenters. The average molecular weight is 479 g/mol. The van der Waals surface area contributed by atoms with Gasteiger partial charge in [0, 0.05) is 69.4 Å². The highest BCUT2D eigenvalue weighted by Crippen LogP contribution is 2.34. The van der Waals surface area contributed by atoms with Crippen molar-refractivity contribution in [2.45, 2.75) is 31.9 Å². The van der Waals surface area contributed by atoms with Gasteiger partial charge in [0.15, 0.2) is 0 Å². The molecule has 0 aromatic heterocycles. The molecule has 1 atom stereocenters. The summed E-state index contributed by atoms with van der Waals surface area (Å²) < 4.78 is 10.9.